The highest BCUT2D eigenvalue weighted by Gasteiger charge is 2.25. The number of morpholine rings is 1. The number of aryl methyl sites for hydroxylation is 1. The van der Waals surface area contributed by atoms with Crippen LogP contribution in [0.15, 0.2) is 21.5 Å². The van der Waals surface area contributed by atoms with E-state index in [9.17, 15) is 0 Å². The summed E-state index contributed by atoms with van der Waals surface area (Å²) in [6, 6.07) is 4.20. The van der Waals surface area contributed by atoms with Gasteiger partial charge in [-0.15, -0.1) is 24.0 Å². The van der Waals surface area contributed by atoms with Crippen LogP contribution in [0.2, 0.25) is 0 Å². The normalized spacial score (nSPS) is 21.4. The largest absolute Gasteiger partial charge is 0.465 e. The van der Waals surface area contributed by atoms with Crippen LogP contribution < -0.4 is 5.73 Å². The number of hydrogen-bond donors (Lipinski definition) is 1. The van der Waals surface area contributed by atoms with Gasteiger partial charge in [-0.1, -0.05) is 0 Å². The topological polar surface area (TPSA) is 67.2 Å². The third-order valence-electron chi connectivity index (χ3n) is 4.34. The zero-order valence-corrected chi connectivity index (χ0v) is 17.3. The SMILES string of the molecule is Cc1ccc(C(CN=C(N)N2CCSCC2)N2CCOCC2)o1.I. The Morgan fingerprint density at radius 2 is 1.96 bits per heavy atom. The van der Waals surface area contributed by atoms with E-state index >= 15 is 0 Å². The van der Waals surface area contributed by atoms with Gasteiger partial charge in [0, 0.05) is 37.7 Å². The molecule has 136 valence electrons. The van der Waals surface area contributed by atoms with Crippen molar-refractivity contribution in [2.45, 2.75) is 13.0 Å². The van der Waals surface area contributed by atoms with Crippen LogP contribution in [0.5, 0.6) is 0 Å². The van der Waals surface area contributed by atoms with E-state index in [1.165, 1.54) is 0 Å². The Kier molecular flexibility index (Phi) is 8.18. The first-order chi connectivity index (χ1) is 11.2. The molecular formula is C16H27IN4O2S. The monoisotopic (exact) mass is 466 g/mol. The van der Waals surface area contributed by atoms with E-state index in [1.807, 2.05) is 24.8 Å². The number of guanidine groups is 1. The maximum atomic E-state index is 6.20. The first-order valence-electron chi connectivity index (χ1n) is 8.25. The van der Waals surface area contributed by atoms with Crippen LogP contribution in [-0.4, -0.2) is 73.2 Å². The number of nitrogens with zero attached hydrogens (tertiary/aromatic N) is 3. The summed E-state index contributed by atoms with van der Waals surface area (Å²) in [5.74, 6) is 4.81. The van der Waals surface area contributed by atoms with E-state index in [2.05, 4.69) is 20.9 Å². The molecule has 8 heteroatoms. The van der Waals surface area contributed by atoms with E-state index in [-0.39, 0.29) is 30.0 Å². The molecule has 0 bridgehead atoms. The number of halogens is 1. The van der Waals surface area contributed by atoms with Gasteiger partial charge in [-0.05, 0) is 19.1 Å². The molecule has 0 spiro atoms. The Bertz CT molecular complexity index is 528. The first-order valence-corrected chi connectivity index (χ1v) is 9.40. The number of thioether (sulfide) groups is 1. The fourth-order valence-corrected chi connectivity index (χ4v) is 3.88. The van der Waals surface area contributed by atoms with Crippen LogP contribution in [0.3, 0.4) is 0 Å². The minimum atomic E-state index is 0. The molecule has 0 radical (unpaired) electrons. The van der Waals surface area contributed by atoms with Crippen LogP contribution in [-0.2, 0) is 4.74 Å². The van der Waals surface area contributed by atoms with E-state index < -0.39 is 0 Å². The van der Waals surface area contributed by atoms with Crippen molar-refractivity contribution >= 4 is 41.7 Å². The summed E-state index contributed by atoms with van der Waals surface area (Å²) >= 11 is 1.97. The first kappa shape index (κ1) is 19.9. The quantitative estimate of drug-likeness (QED) is 0.416. The van der Waals surface area contributed by atoms with Crippen LogP contribution in [0, 0.1) is 6.92 Å². The zero-order valence-electron chi connectivity index (χ0n) is 14.1. The van der Waals surface area contributed by atoms with Gasteiger partial charge >= 0.3 is 0 Å². The molecule has 2 aliphatic rings. The van der Waals surface area contributed by atoms with E-state index in [0.717, 1.165) is 62.4 Å². The second-order valence-corrected chi connectivity index (χ2v) is 7.14. The molecule has 1 unspecified atom stereocenters. The number of hydrogen-bond acceptors (Lipinski definition) is 5. The average Bonchev–Trinajstić information content (AvgIpc) is 3.03. The molecule has 2 fully saturated rings. The third kappa shape index (κ3) is 5.27. The number of ether oxygens (including phenoxy) is 1. The van der Waals surface area contributed by atoms with Crippen molar-refractivity contribution in [2.24, 2.45) is 10.7 Å². The Hall–Kier alpha value is -0.450. The molecule has 6 nitrogen and oxygen atoms in total. The molecule has 1 atom stereocenters. The zero-order chi connectivity index (χ0) is 16.1. The summed E-state index contributed by atoms with van der Waals surface area (Å²) in [5, 5.41) is 0. The second kappa shape index (κ2) is 9.88. The van der Waals surface area contributed by atoms with Gasteiger partial charge in [0.25, 0.3) is 0 Å². The van der Waals surface area contributed by atoms with Gasteiger partial charge in [0.15, 0.2) is 5.96 Å². The molecule has 3 heterocycles. The lowest BCUT2D eigenvalue weighted by Crippen LogP contribution is -2.44. The van der Waals surface area contributed by atoms with Crippen LogP contribution >= 0.6 is 35.7 Å². The Morgan fingerprint density at radius 1 is 1.25 bits per heavy atom. The number of nitrogens with two attached hydrogens (primary N) is 1. The number of rotatable bonds is 4. The van der Waals surface area contributed by atoms with Crippen molar-refractivity contribution in [3.8, 4) is 0 Å². The summed E-state index contributed by atoms with van der Waals surface area (Å²) in [6.07, 6.45) is 0. The summed E-state index contributed by atoms with van der Waals surface area (Å²) in [5.41, 5.74) is 6.20. The van der Waals surface area contributed by atoms with E-state index in [4.69, 9.17) is 14.9 Å². The van der Waals surface area contributed by atoms with Gasteiger partial charge in [0.2, 0.25) is 0 Å². The fraction of sp³-hybridized carbons (Fsp3) is 0.688. The fourth-order valence-electron chi connectivity index (χ4n) is 2.98. The lowest BCUT2D eigenvalue weighted by molar-refractivity contribution is 0.0135. The lowest BCUT2D eigenvalue weighted by atomic mass is 10.1. The summed E-state index contributed by atoms with van der Waals surface area (Å²) in [7, 11) is 0. The maximum Gasteiger partial charge on any atom is 0.191 e. The molecule has 2 N–H and O–H groups in total. The molecule has 1 aromatic rings. The highest BCUT2D eigenvalue weighted by molar-refractivity contribution is 14.0. The standard InChI is InChI=1S/C16H26N4O2S.HI/c1-13-2-3-15(22-13)14(19-4-8-21-9-5-19)12-18-16(17)20-6-10-23-11-7-20;/h2-3,14H,4-12H2,1H3,(H2,17,18);1H. The molecule has 0 saturated carbocycles. The van der Waals surface area contributed by atoms with Crippen molar-refractivity contribution in [3.63, 3.8) is 0 Å². The summed E-state index contributed by atoms with van der Waals surface area (Å²) < 4.78 is 11.3. The van der Waals surface area contributed by atoms with Gasteiger partial charge in [-0.2, -0.15) is 11.8 Å². The molecule has 2 saturated heterocycles. The van der Waals surface area contributed by atoms with Gasteiger partial charge in [0.05, 0.1) is 25.8 Å². The predicted molar refractivity (Wildman–Crippen MR) is 109 cm³/mol. The smallest absolute Gasteiger partial charge is 0.191 e. The van der Waals surface area contributed by atoms with Crippen LogP contribution in [0.4, 0.5) is 0 Å². The van der Waals surface area contributed by atoms with Crippen molar-refractivity contribution in [1.29, 1.82) is 0 Å². The Balaban J connectivity index is 0.00000208. The molecule has 0 aromatic carbocycles. The van der Waals surface area contributed by atoms with Crippen LogP contribution in [0.1, 0.15) is 17.6 Å². The second-order valence-electron chi connectivity index (χ2n) is 5.91. The summed E-state index contributed by atoms with van der Waals surface area (Å²) in [6.45, 7) is 7.91. The molecule has 0 amide bonds. The highest BCUT2D eigenvalue weighted by atomic mass is 127. The third-order valence-corrected chi connectivity index (χ3v) is 5.28. The van der Waals surface area contributed by atoms with E-state index in [0.29, 0.717) is 12.5 Å². The van der Waals surface area contributed by atoms with Crippen LogP contribution in [0.25, 0.3) is 0 Å². The van der Waals surface area contributed by atoms with Crippen molar-refractivity contribution < 1.29 is 9.15 Å². The summed E-state index contributed by atoms with van der Waals surface area (Å²) in [4.78, 5) is 9.24. The lowest BCUT2D eigenvalue weighted by Gasteiger charge is -2.33. The average molecular weight is 466 g/mol. The highest BCUT2D eigenvalue weighted by Crippen LogP contribution is 2.24. The van der Waals surface area contributed by atoms with Crippen molar-refractivity contribution in [2.75, 3.05) is 57.4 Å². The minimum Gasteiger partial charge on any atom is -0.465 e. The Morgan fingerprint density at radius 3 is 2.58 bits per heavy atom. The molecule has 2 aliphatic heterocycles. The van der Waals surface area contributed by atoms with Gasteiger partial charge in [0.1, 0.15) is 11.5 Å². The molecule has 3 rings (SSSR count). The molecule has 1 aromatic heterocycles. The molecule has 0 aliphatic carbocycles. The predicted octanol–water partition coefficient (Wildman–Crippen LogP) is 1.94. The molecule has 24 heavy (non-hydrogen) atoms. The molecular weight excluding hydrogens is 439 g/mol. The minimum absolute atomic E-state index is 0. The van der Waals surface area contributed by atoms with Gasteiger partial charge in [-0.25, -0.2) is 0 Å². The maximum absolute atomic E-state index is 6.20. The van der Waals surface area contributed by atoms with E-state index in [1.54, 1.807) is 0 Å². The number of furan rings is 1. The van der Waals surface area contributed by atoms with Gasteiger partial charge in [-0.3, -0.25) is 9.89 Å². The number of aliphatic imine (C=N–C) groups is 1. The van der Waals surface area contributed by atoms with Crippen molar-refractivity contribution in [3.05, 3.63) is 23.7 Å². The van der Waals surface area contributed by atoms with Gasteiger partial charge < -0.3 is 19.8 Å². The van der Waals surface area contributed by atoms with Crippen molar-refractivity contribution in [1.82, 2.24) is 9.80 Å². The Labute approximate surface area is 165 Å².